The maximum absolute atomic E-state index is 10.4. The van der Waals surface area contributed by atoms with Gasteiger partial charge < -0.3 is 53.1 Å². The summed E-state index contributed by atoms with van der Waals surface area (Å²) in [5.41, 5.74) is 6.44. The van der Waals surface area contributed by atoms with E-state index >= 15 is 0 Å². The van der Waals surface area contributed by atoms with Crippen LogP contribution in [0.1, 0.15) is 9.08 Å². The SMILES string of the molecule is Nc1ncnc2c1ncn2[C@@H]1O[C@H](CO)[C@@H](O)[C@H]1O.O=P(O)(O)OP(=O)(O)OP(=O)(O)O.[H-].[H-].[Mg+2]. The molecule has 4 atom stereocenters. The topological polar surface area (TPSA) is 310 Å². The van der Waals surface area contributed by atoms with E-state index in [4.69, 9.17) is 40.0 Å². The number of rotatable bonds is 6. The summed E-state index contributed by atoms with van der Waals surface area (Å²) in [5.74, 6) is 0.218. The molecule has 1 saturated heterocycles. The molecule has 186 valence electrons. The molecule has 33 heavy (non-hydrogen) atoms. The van der Waals surface area contributed by atoms with Gasteiger partial charge in [0.2, 0.25) is 0 Å². The molecule has 0 unspecified atom stereocenters. The largest absolute Gasteiger partial charge is 2.00 e. The number of ether oxygens (including phenoxy) is 1. The van der Waals surface area contributed by atoms with Crippen LogP contribution in [-0.4, -0.2) is 107 Å². The van der Waals surface area contributed by atoms with Gasteiger partial charge in [-0.1, -0.05) is 0 Å². The van der Waals surface area contributed by atoms with Gasteiger partial charge in [-0.25, -0.2) is 28.6 Å². The second kappa shape index (κ2) is 11.4. The van der Waals surface area contributed by atoms with Crippen LogP contribution in [0.5, 0.6) is 0 Å². The molecule has 0 radical (unpaired) electrons. The molecule has 0 spiro atoms. The van der Waals surface area contributed by atoms with Crippen molar-refractivity contribution < 1.29 is 69.7 Å². The molecule has 23 heteroatoms. The molecule has 1 fully saturated rings. The number of hydrogen-bond acceptors (Lipinski definition) is 13. The number of aliphatic hydroxyl groups is 3. The summed E-state index contributed by atoms with van der Waals surface area (Å²) in [6, 6.07) is 0. The second-order valence-corrected chi connectivity index (χ2v) is 10.1. The maximum Gasteiger partial charge on any atom is 2.00 e. The maximum atomic E-state index is 10.4. The van der Waals surface area contributed by atoms with Crippen LogP contribution in [0, 0.1) is 0 Å². The van der Waals surface area contributed by atoms with E-state index in [0.717, 1.165) is 0 Å². The second-order valence-electron chi connectivity index (χ2n) is 5.92. The smallest absolute Gasteiger partial charge is 1.00 e. The van der Waals surface area contributed by atoms with E-state index < -0.39 is 54.6 Å². The van der Waals surface area contributed by atoms with Crippen molar-refractivity contribution in [2.24, 2.45) is 0 Å². The van der Waals surface area contributed by atoms with Crippen LogP contribution in [0.2, 0.25) is 0 Å². The van der Waals surface area contributed by atoms with Crippen molar-refractivity contribution in [3.63, 3.8) is 0 Å². The predicted octanol–water partition coefficient (Wildman–Crippen LogP) is -2.83. The Morgan fingerprint density at radius 1 is 1.03 bits per heavy atom. The number of anilines is 1. The third kappa shape index (κ3) is 8.51. The van der Waals surface area contributed by atoms with Crippen LogP contribution in [0.3, 0.4) is 0 Å². The van der Waals surface area contributed by atoms with Gasteiger partial charge in [-0.15, -0.1) is 0 Å². The van der Waals surface area contributed by atoms with Gasteiger partial charge in [0.15, 0.2) is 17.7 Å². The molecule has 1 aliphatic rings. The fourth-order valence-electron chi connectivity index (χ4n) is 2.45. The van der Waals surface area contributed by atoms with Gasteiger partial charge in [0.1, 0.15) is 30.2 Å². The molecule has 2 aromatic rings. The van der Waals surface area contributed by atoms with E-state index in [1.165, 1.54) is 17.2 Å². The number of nitrogens with zero attached hydrogens (tertiary/aromatic N) is 4. The first-order valence-corrected chi connectivity index (χ1v) is 12.5. The summed E-state index contributed by atoms with van der Waals surface area (Å²) < 4.78 is 43.2. The third-order valence-corrected chi connectivity index (χ3v) is 6.95. The molecule has 0 aliphatic carbocycles. The minimum atomic E-state index is -5.46. The molecule has 0 aromatic carbocycles. The molecule has 19 nitrogen and oxygen atoms in total. The van der Waals surface area contributed by atoms with E-state index in [0.29, 0.717) is 11.2 Å². The van der Waals surface area contributed by atoms with Crippen molar-refractivity contribution in [3.8, 4) is 0 Å². The molecular weight excluding hydrogens is 531 g/mol. The first kappa shape index (κ1) is 30.4. The monoisotopic (exact) mass is 551 g/mol. The molecule has 1 aliphatic heterocycles. The van der Waals surface area contributed by atoms with Gasteiger partial charge >= 0.3 is 46.5 Å². The summed E-state index contributed by atoms with van der Waals surface area (Å²) in [5, 5.41) is 28.7. The van der Waals surface area contributed by atoms with Crippen molar-refractivity contribution in [2.45, 2.75) is 24.5 Å². The van der Waals surface area contributed by atoms with Gasteiger partial charge in [-0.2, -0.15) is 8.62 Å². The number of aromatic nitrogens is 4. The summed E-state index contributed by atoms with van der Waals surface area (Å²) in [4.78, 5) is 52.1. The quantitative estimate of drug-likeness (QED) is 0.129. The third-order valence-electron chi connectivity index (χ3n) is 3.60. The number of fused-ring (bicyclic) bond motifs is 1. The van der Waals surface area contributed by atoms with Crippen LogP contribution in [0.15, 0.2) is 12.7 Å². The van der Waals surface area contributed by atoms with E-state index in [-0.39, 0.29) is 31.7 Å². The van der Waals surface area contributed by atoms with Crippen LogP contribution in [-0.2, 0) is 27.1 Å². The van der Waals surface area contributed by atoms with Crippen molar-refractivity contribution in [1.82, 2.24) is 19.5 Å². The number of aliphatic hydroxyl groups excluding tert-OH is 3. The normalized spacial score (nSPS) is 23.6. The predicted molar refractivity (Wildman–Crippen MR) is 107 cm³/mol. The van der Waals surface area contributed by atoms with E-state index in [9.17, 15) is 23.9 Å². The molecule has 0 amide bonds. The Kier molecular flexibility index (Phi) is 10.5. The number of nitrogen functional groups attached to an aromatic ring is 1. The molecular formula is C10H20MgN5O14P3. The van der Waals surface area contributed by atoms with Gasteiger partial charge in [-0.05, 0) is 0 Å². The average molecular weight is 552 g/mol. The zero-order chi connectivity index (χ0) is 24.5. The van der Waals surface area contributed by atoms with Crippen LogP contribution < -0.4 is 5.73 Å². The van der Waals surface area contributed by atoms with E-state index in [1.54, 1.807) is 0 Å². The molecule has 0 saturated carbocycles. The van der Waals surface area contributed by atoms with Gasteiger partial charge in [-0.3, -0.25) is 4.57 Å². The zero-order valence-corrected chi connectivity index (χ0v) is 20.2. The molecule has 3 rings (SSSR count). The summed E-state index contributed by atoms with van der Waals surface area (Å²) in [7, 11) is -16.2. The van der Waals surface area contributed by atoms with E-state index in [1.807, 2.05) is 0 Å². The fraction of sp³-hybridized carbons (Fsp3) is 0.500. The first-order valence-electron chi connectivity index (χ1n) is 7.96. The Balaban J connectivity index is 0. The molecule has 0 bridgehead atoms. The van der Waals surface area contributed by atoms with Gasteiger partial charge in [0.05, 0.1) is 12.9 Å². The zero-order valence-electron chi connectivity index (χ0n) is 18.1. The molecule has 10 N–H and O–H groups in total. The summed E-state index contributed by atoms with van der Waals surface area (Å²) in [6.45, 7) is -0.390. The minimum Gasteiger partial charge on any atom is -1.00 e. The molecule has 3 heterocycles. The van der Waals surface area contributed by atoms with Crippen LogP contribution >= 0.6 is 23.5 Å². The van der Waals surface area contributed by atoms with Crippen molar-refractivity contribution in [1.29, 1.82) is 0 Å². The average Bonchev–Trinajstić information content (AvgIpc) is 3.14. The Labute approximate surface area is 202 Å². The van der Waals surface area contributed by atoms with Crippen molar-refractivity contribution in [3.05, 3.63) is 12.7 Å². The standard InChI is InChI=1S/C10H13N5O4.Mg.H5O10P3.2H/c11-8-5-9(13-2-12-8)15(3-14-5)10-7(18)6(17)4(1-16)19-10;;1-11(2,3)9-13(7,8)10-12(4,5)6;;/h2-4,6-7,10,16-18H,1H2,(H2,11,12,13);;(H,7,8)(H2,1,2,3)(H2,4,5,6);;/q;+2;;2*-1/t4-,6-,7-,10-;;;;/m1..../s1. The Morgan fingerprint density at radius 3 is 2.03 bits per heavy atom. The Hall–Kier alpha value is -0.634. The van der Waals surface area contributed by atoms with Gasteiger partial charge in [0.25, 0.3) is 0 Å². The van der Waals surface area contributed by atoms with Crippen LogP contribution in [0.25, 0.3) is 11.2 Å². The minimum absolute atomic E-state index is 0. The van der Waals surface area contributed by atoms with Crippen LogP contribution in [0.4, 0.5) is 5.82 Å². The fourth-order valence-corrected chi connectivity index (χ4v) is 4.99. The summed E-state index contributed by atoms with van der Waals surface area (Å²) >= 11 is 0. The van der Waals surface area contributed by atoms with Crippen molar-refractivity contribution in [2.75, 3.05) is 12.3 Å². The number of hydrogen-bond donors (Lipinski definition) is 9. The first-order chi connectivity index (χ1) is 14.5. The van der Waals surface area contributed by atoms with Gasteiger partial charge in [0, 0.05) is 0 Å². The van der Waals surface area contributed by atoms with Crippen molar-refractivity contribution >= 4 is 63.5 Å². The number of phosphoric acid groups is 3. The molecule has 2 aromatic heterocycles. The Morgan fingerprint density at radius 2 is 1.58 bits per heavy atom. The van der Waals surface area contributed by atoms with E-state index in [2.05, 4.69) is 23.6 Å². The number of nitrogens with two attached hydrogens (primary N) is 1. The summed E-state index contributed by atoms with van der Waals surface area (Å²) in [6.07, 6.45) is -1.42. The number of imidazole rings is 1. The Bertz CT molecular complexity index is 1070.